The molecule has 0 radical (unpaired) electrons. The first kappa shape index (κ1) is 15.9. The van der Waals surface area contributed by atoms with E-state index in [0.717, 1.165) is 17.3 Å². The second-order valence-electron chi connectivity index (χ2n) is 5.67. The largest absolute Gasteiger partial charge is 0.508 e. The van der Waals surface area contributed by atoms with Crippen LogP contribution >= 0.6 is 15.9 Å². The predicted molar refractivity (Wildman–Crippen MR) is 93.1 cm³/mol. The minimum Gasteiger partial charge on any atom is -0.508 e. The molecule has 1 unspecified atom stereocenters. The summed E-state index contributed by atoms with van der Waals surface area (Å²) >= 11 is 3.53. The van der Waals surface area contributed by atoms with Gasteiger partial charge in [0.25, 0.3) is 0 Å². The standard InChI is InChI=1S/C18H22BrNO/c1-12-10-16(19)11-13(2)18(12)20-14(3)4-5-15-6-8-17(21)9-7-15/h6-11,14,20-21H,4-5H2,1-3H3. The van der Waals surface area contributed by atoms with E-state index in [1.54, 1.807) is 12.1 Å². The second kappa shape index (κ2) is 6.99. The van der Waals surface area contributed by atoms with Gasteiger partial charge in [-0.25, -0.2) is 0 Å². The fourth-order valence-electron chi connectivity index (χ4n) is 2.50. The topological polar surface area (TPSA) is 32.3 Å². The van der Waals surface area contributed by atoms with Crippen molar-refractivity contribution in [3.05, 3.63) is 57.6 Å². The Morgan fingerprint density at radius 3 is 2.24 bits per heavy atom. The van der Waals surface area contributed by atoms with Crippen LogP contribution in [0.5, 0.6) is 5.75 Å². The molecule has 2 N–H and O–H groups in total. The molecular formula is C18H22BrNO. The summed E-state index contributed by atoms with van der Waals surface area (Å²) in [6, 6.07) is 12.1. The fourth-order valence-corrected chi connectivity index (χ4v) is 3.19. The number of anilines is 1. The van der Waals surface area contributed by atoms with Crippen LogP contribution in [0.1, 0.15) is 30.0 Å². The van der Waals surface area contributed by atoms with Gasteiger partial charge in [0, 0.05) is 16.2 Å². The summed E-state index contributed by atoms with van der Waals surface area (Å²) in [5.41, 5.74) is 5.01. The summed E-state index contributed by atoms with van der Waals surface area (Å²) in [5, 5.41) is 12.9. The van der Waals surface area contributed by atoms with Crippen LogP contribution in [0.25, 0.3) is 0 Å². The smallest absolute Gasteiger partial charge is 0.115 e. The molecule has 0 spiro atoms. The van der Waals surface area contributed by atoms with Gasteiger partial charge in [-0.15, -0.1) is 0 Å². The van der Waals surface area contributed by atoms with Gasteiger partial charge in [-0.05, 0) is 74.6 Å². The van der Waals surface area contributed by atoms with Crippen molar-refractivity contribution in [3.8, 4) is 5.75 Å². The molecule has 0 saturated carbocycles. The summed E-state index contributed by atoms with van der Waals surface area (Å²) in [6.07, 6.45) is 2.06. The maximum Gasteiger partial charge on any atom is 0.115 e. The monoisotopic (exact) mass is 347 g/mol. The van der Waals surface area contributed by atoms with Gasteiger partial charge in [0.15, 0.2) is 0 Å². The lowest BCUT2D eigenvalue weighted by Gasteiger charge is -2.19. The SMILES string of the molecule is Cc1cc(Br)cc(C)c1NC(C)CCc1ccc(O)cc1. The fraction of sp³-hybridized carbons (Fsp3) is 0.333. The van der Waals surface area contributed by atoms with Crippen molar-refractivity contribution in [2.45, 2.75) is 39.7 Å². The first-order valence-corrected chi connectivity index (χ1v) is 8.06. The Morgan fingerprint density at radius 1 is 1.10 bits per heavy atom. The summed E-state index contributed by atoms with van der Waals surface area (Å²) in [6.45, 7) is 6.47. The van der Waals surface area contributed by atoms with Crippen LogP contribution in [0.4, 0.5) is 5.69 Å². The van der Waals surface area contributed by atoms with Gasteiger partial charge in [-0.3, -0.25) is 0 Å². The van der Waals surface area contributed by atoms with E-state index in [9.17, 15) is 5.11 Å². The molecule has 0 saturated heterocycles. The molecule has 0 fully saturated rings. The van der Waals surface area contributed by atoms with E-state index in [0.29, 0.717) is 11.8 Å². The molecule has 0 amide bonds. The molecule has 0 aliphatic heterocycles. The van der Waals surface area contributed by atoms with Gasteiger partial charge in [-0.2, -0.15) is 0 Å². The molecule has 0 aromatic heterocycles. The zero-order valence-corrected chi connectivity index (χ0v) is 14.4. The third-order valence-electron chi connectivity index (χ3n) is 3.69. The summed E-state index contributed by atoms with van der Waals surface area (Å²) in [4.78, 5) is 0. The van der Waals surface area contributed by atoms with E-state index in [1.807, 2.05) is 12.1 Å². The molecule has 1 atom stereocenters. The van der Waals surface area contributed by atoms with Crippen LogP contribution in [0, 0.1) is 13.8 Å². The third kappa shape index (κ3) is 4.50. The third-order valence-corrected chi connectivity index (χ3v) is 4.15. The zero-order chi connectivity index (χ0) is 15.4. The number of phenols is 1. The maximum absolute atomic E-state index is 9.30. The highest BCUT2D eigenvalue weighted by molar-refractivity contribution is 9.10. The Hall–Kier alpha value is -1.48. The number of benzene rings is 2. The van der Waals surface area contributed by atoms with Crippen LogP contribution in [0.2, 0.25) is 0 Å². The van der Waals surface area contributed by atoms with Crippen molar-refractivity contribution >= 4 is 21.6 Å². The number of aryl methyl sites for hydroxylation is 3. The van der Waals surface area contributed by atoms with E-state index in [1.165, 1.54) is 22.4 Å². The van der Waals surface area contributed by atoms with Gasteiger partial charge >= 0.3 is 0 Å². The molecule has 0 bridgehead atoms. The van der Waals surface area contributed by atoms with E-state index in [4.69, 9.17) is 0 Å². The van der Waals surface area contributed by atoms with Crippen LogP contribution in [0.3, 0.4) is 0 Å². The maximum atomic E-state index is 9.30. The zero-order valence-electron chi connectivity index (χ0n) is 12.8. The van der Waals surface area contributed by atoms with Crippen LogP contribution < -0.4 is 5.32 Å². The van der Waals surface area contributed by atoms with E-state index >= 15 is 0 Å². The molecule has 2 nitrogen and oxygen atoms in total. The van der Waals surface area contributed by atoms with Crippen LogP contribution in [-0.2, 0) is 6.42 Å². The number of hydrogen-bond acceptors (Lipinski definition) is 2. The Kier molecular flexibility index (Phi) is 5.29. The first-order valence-electron chi connectivity index (χ1n) is 7.27. The van der Waals surface area contributed by atoms with Crippen LogP contribution in [-0.4, -0.2) is 11.1 Å². The Labute approximate surface area is 135 Å². The number of phenolic OH excluding ortho intramolecular Hbond substituents is 1. The average molecular weight is 348 g/mol. The Balaban J connectivity index is 1.96. The minimum absolute atomic E-state index is 0.325. The van der Waals surface area contributed by atoms with E-state index < -0.39 is 0 Å². The summed E-state index contributed by atoms with van der Waals surface area (Å²) in [7, 11) is 0. The highest BCUT2D eigenvalue weighted by Crippen LogP contribution is 2.26. The average Bonchev–Trinajstić information content (AvgIpc) is 2.42. The van der Waals surface area contributed by atoms with Crippen molar-refractivity contribution < 1.29 is 5.11 Å². The minimum atomic E-state index is 0.325. The number of aromatic hydroxyl groups is 1. The molecule has 2 aromatic carbocycles. The molecule has 0 aliphatic rings. The van der Waals surface area contributed by atoms with Gasteiger partial charge in [0.05, 0.1) is 0 Å². The molecule has 2 rings (SSSR count). The Bertz CT molecular complexity index is 584. The van der Waals surface area contributed by atoms with Gasteiger partial charge < -0.3 is 10.4 Å². The molecule has 112 valence electrons. The number of halogens is 1. The van der Waals surface area contributed by atoms with Gasteiger partial charge in [0.2, 0.25) is 0 Å². The quantitative estimate of drug-likeness (QED) is 0.778. The number of rotatable bonds is 5. The molecule has 3 heteroatoms. The normalized spacial score (nSPS) is 12.2. The van der Waals surface area contributed by atoms with Crippen LogP contribution in [0.15, 0.2) is 40.9 Å². The number of hydrogen-bond donors (Lipinski definition) is 2. The van der Waals surface area contributed by atoms with Crippen molar-refractivity contribution in [2.24, 2.45) is 0 Å². The second-order valence-corrected chi connectivity index (χ2v) is 6.58. The lowest BCUT2D eigenvalue weighted by atomic mass is 10.0. The number of nitrogens with one attached hydrogen (secondary N) is 1. The highest BCUT2D eigenvalue weighted by atomic mass is 79.9. The van der Waals surface area contributed by atoms with Gasteiger partial charge in [0.1, 0.15) is 5.75 Å². The molecule has 21 heavy (non-hydrogen) atoms. The molecule has 2 aromatic rings. The van der Waals surface area contributed by atoms with Gasteiger partial charge in [-0.1, -0.05) is 28.1 Å². The van der Waals surface area contributed by atoms with Crippen molar-refractivity contribution in [3.63, 3.8) is 0 Å². The predicted octanol–water partition coefficient (Wildman–Crippen LogP) is 5.20. The Morgan fingerprint density at radius 2 is 1.67 bits per heavy atom. The molecular weight excluding hydrogens is 326 g/mol. The lowest BCUT2D eigenvalue weighted by molar-refractivity contribution is 0.475. The summed E-state index contributed by atoms with van der Waals surface area (Å²) < 4.78 is 1.12. The highest BCUT2D eigenvalue weighted by Gasteiger charge is 2.08. The van der Waals surface area contributed by atoms with Crippen molar-refractivity contribution in [1.29, 1.82) is 0 Å². The van der Waals surface area contributed by atoms with E-state index in [-0.39, 0.29) is 0 Å². The molecule has 0 heterocycles. The van der Waals surface area contributed by atoms with Crippen molar-refractivity contribution in [2.75, 3.05) is 5.32 Å². The summed E-state index contributed by atoms with van der Waals surface area (Å²) in [5.74, 6) is 0.325. The lowest BCUT2D eigenvalue weighted by Crippen LogP contribution is -2.17. The molecule has 0 aliphatic carbocycles. The first-order chi connectivity index (χ1) is 9.95. The van der Waals surface area contributed by atoms with Crippen molar-refractivity contribution in [1.82, 2.24) is 0 Å². The van der Waals surface area contributed by atoms with E-state index in [2.05, 4.69) is 54.2 Å².